The summed E-state index contributed by atoms with van der Waals surface area (Å²) in [5, 5.41) is 20.5. The van der Waals surface area contributed by atoms with Crippen molar-refractivity contribution in [3.05, 3.63) is 33.9 Å². The number of aliphatic hydroxyl groups excluding tert-OH is 1. The van der Waals surface area contributed by atoms with Crippen molar-refractivity contribution in [2.24, 2.45) is 5.92 Å². The molecule has 0 aliphatic rings. The van der Waals surface area contributed by atoms with Gasteiger partial charge in [-0.05, 0) is 24.8 Å². The molecular formula is C16H26N2O3. The van der Waals surface area contributed by atoms with Gasteiger partial charge in [0.2, 0.25) is 0 Å². The van der Waals surface area contributed by atoms with Gasteiger partial charge in [0.15, 0.2) is 0 Å². The predicted molar refractivity (Wildman–Crippen MR) is 85.6 cm³/mol. The molecule has 0 aliphatic heterocycles. The third-order valence-electron chi connectivity index (χ3n) is 3.70. The quantitative estimate of drug-likeness (QED) is 0.586. The number of rotatable bonds is 8. The smallest absolute Gasteiger partial charge is 0.269 e. The molecule has 0 aromatic heterocycles. The maximum absolute atomic E-state index is 10.9. The van der Waals surface area contributed by atoms with Gasteiger partial charge in [-0.2, -0.15) is 0 Å². The molecule has 1 aromatic carbocycles. The van der Waals surface area contributed by atoms with Crippen molar-refractivity contribution < 1.29 is 10.0 Å². The normalized spacial score (nSPS) is 11.2. The number of nitrogens with zero attached hydrogens (tertiary/aromatic N) is 2. The maximum Gasteiger partial charge on any atom is 0.269 e. The molecule has 0 spiro atoms. The Kier molecular flexibility index (Phi) is 6.62. The van der Waals surface area contributed by atoms with E-state index in [2.05, 4.69) is 32.6 Å². The Morgan fingerprint density at radius 2 is 1.90 bits per heavy atom. The number of anilines is 1. The third kappa shape index (κ3) is 4.43. The molecule has 118 valence electrons. The van der Waals surface area contributed by atoms with Crippen molar-refractivity contribution >= 4 is 11.4 Å². The molecule has 0 unspecified atom stereocenters. The summed E-state index contributed by atoms with van der Waals surface area (Å²) >= 11 is 0. The van der Waals surface area contributed by atoms with Crippen LogP contribution in [-0.4, -0.2) is 22.6 Å². The molecule has 0 radical (unpaired) electrons. The Morgan fingerprint density at radius 1 is 1.29 bits per heavy atom. The largest absolute Gasteiger partial charge is 0.392 e. The van der Waals surface area contributed by atoms with Gasteiger partial charge in [0.25, 0.3) is 5.69 Å². The van der Waals surface area contributed by atoms with Crippen LogP contribution in [0.5, 0.6) is 0 Å². The number of nitro benzene ring substituents is 1. The van der Waals surface area contributed by atoms with Crippen LogP contribution in [0.25, 0.3) is 0 Å². The zero-order valence-corrected chi connectivity index (χ0v) is 13.4. The van der Waals surface area contributed by atoms with Gasteiger partial charge in [0.05, 0.1) is 11.5 Å². The molecule has 1 rings (SSSR count). The first kappa shape index (κ1) is 17.4. The van der Waals surface area contributed by atoms with E-state index in [0.29, 0.717) is 17.5 Å². The Bertz CT molecular complexity index is 471. The lowest BCUT2D eigenvalue weighted by Crippen LogP contribution is -2.38. The lowest BCUT2D eigenvalue weighted by molar-refractivity contribution is -0.384. The van der Waals surface area contributed by atoms with Crippen LogP contribution in [-0.2, 0) is 6.61 Å². The lowest BCUT2D eigenvalue weighted by Gasteiger charge is -2.35. The van der Waals surface area contributed by atoms with Crippen LogP contribution in [0.2, 0.25) is 0 Å². The molecule has 1 aromatic rings. The van der Waals surface area contributed by atoms with Crippen LogP contribution in [0.1, 0.15) is 46.1 Å². The second-order valence-electron chi connectivity index (χ2n) is 5.74. The topological polar surface area (TPSA) is 66.6 Å². The van der Waals surface area contributed by atoms with Crippen molar-refractivity contribution in [2.75, 3.05) is 11.4 Å². The van der Waals surface area contributed by atoms with Crippen LogP contribution in [0.15, 0.2) is 18.2 Å². The van der Waals surface area contributed by atoms with Crippen molar-refractivity contribution in [2.45, 2.75) is 53.2 Å². The average molecular weight is 294 g/mol. The van der Waals surface area contributed by atoms with Crippen LogP contribution in [0.3, 0.4) is 0 Å². The van der Waals surface area contributed by atoms with E-state index >= 15 is 0 Å². The third-order valence-corrected chi connectivity index (χ3v) is 3.70. The highest BCUT2D eigenvalue weighted by molar-refractivity contribution is 5.58. The number of hydrogen-bond acceptors (Lipinski definition) is 4. The molecule has 0 heterocycles. The van der Waals surface area contributed by atoms with Gasteiger partial charge in [-0.15, -0.1) is 0 Å². The summed E-state index contributed by atoms with van der Waals surface area (Å²) in [5.74, 6) is 0.479. The molecule has 0 aliphatic carbocycles. The van der Waals surface area contributed by atoms with Crippen LogP contribution < -0.4 is 4.90 Å². The highest BCUT2D eigenvalue weighted by atomic mass is 16.6. The van der Waals surface area contributed by atoms with Gasteiger partial charge >= 0.3 is 0 Å². The van der Waals surface area contributed by atoms with Crippen molar-refractivity contribution in [1.29, 1.82) is 0 Å². The molecule has 0 saturated carbocycles. The Morgan fingerprint density at radius 3 is 2.33 bits per heavy atom. The second-order valence-corrected chi connectivity index (χ2v) is 5.74. The van der Waals surface area contributed by atoms with Gasteiger partial charge in [0, 0.05) is 36.0 Å². The number of nitro groups is 1. The Labute approximate surface area is 126 Å². The van der Waals surface area contributed by atoms with E-state index in [1.165, 1.54) is 12.1 Å². The standard InChI is InChI=1S/C16H26N2O3/c1-5-14(6-2)17(10-12(3)4)16-8-7-15(18(20)21)9-13(16)11-19/h7-9,12,14,19H,5-6,10-11H2,1-4H3. The molecule has 0 atom stereocenters. The Balaban J connectivity index is 3.25. The molecule has 0 saturated heterocycles. The van der Waals surface area contributed by atoms with Gasteiger partial charge in [-0.3, -0.25) is 10.1 Å². The molecule has 1 N–H and O–H groups in total. The summed E-state index contributed by atoms with van der Waals surface area (Å²) in [5.41, 5.74) is 1.55. The SMILES string of the molecule is CCC(CC)N(CC(C)C)c1ccc([N+](=O)[O-])cc1CO. The van der Waals surface area contributed by atoms with Crippen molar-refractivity contribution in [3.8, 4) is 0 Å². The second kappa shape index (κ2) is 7.98. The minimum atomic E-state index is -0.424. The first-order chi connectivity index (χ1) is 9.94. The van der Waals surface area contributed by atoms with E-state index in [1.807, 2.05) is 0 Å². The summed E-state index contributed by atoms with van der Waals surface area (Å²) in [7, 11) is 0. The van der Waals surface area contributed by atoms with Crippen molar-refractivity contribution in [1.82, 2.24) is 0 Å². The minimum Gasteiger partial charge on any atom is -0.392 e. The highest BCUT2D eigenvalue weighted by Gasteiger charge is 2.21. The fraction of sp³-hybridized carbons (Fsp3) is 0.625. The molecule has 0 amide bonds. The fourth-order valence-electron chi connectivity index (χ4n) is 2.66. The summed E-state index contributed by atoms with van der Waals surface area (Å²) in [6, 6.07) is 5.14. The summed E-state index contributed by atoms with van der Waals surface area (Å²) < 4.78 is 0. The zero-order chi connectivity index (χ0) is 16.0. The van der Waals surface area contributed by atoms with Crippen LogP contribution >= 0.6 is 0 Å². The lowest BCUT2D eigenvalue weighted by atomic mass is 10.0. The Hall–Kier alpha value is -1.62. The van der Waals surface area contributed by atoms with E-state index in [4.69, 9.17) is 0 Å². The number of hydrogen-bond donors (Lipinski definition) is 1. The maximum atomic E-state index is 10.9. The van der Waals surface area contributed by atoms with E-state index in [-0.39, 0.29) is 12.3 Å². The van der Waals surface area contributed by atoms with E-state index in [0.717, 1.165) is 25.1 Å². The number of aliphatic hydroxyl groups is 1. The molecule has 0 fully saturated rings. The zero-order valence-electron chi connectivity index (χ0n) is 13.4. The minimum absolute atomic E-state index is 0.0249. The first-order valence-electron chi connectivity index (χ1n) is 7.59. The monoisotopic (exact) mass is 294 g/mol. The molecule has 0 bridgehead atoms. The average Bonchev–Trinajstić information content (AvgIpc) is 2.46. The van der Waals surface area contributed by atoms with E-state index in [9.17, 15) is 15.2 Å². The molecular weight excluding hydrogens is 268 g/mol. The highest BCUT2D eigenvalue weighted by Crippen LogP contribution is 2.29. The van der Waals surface area contributed by atoms with Crippen LogP contribution in [0, 0.1) is 16.0 Å². The summed E-state index contributed by atoms with van der Waals surface area (Å²) in [6.07, 6.45) is 2.01. The summed E-state index contributed by atoms with van der Waals surface area (Å²) in [6.45, 7) is 9.28. The van der Waals surface area contributed by atoms with Gasteiger partial charge in [0.1, 0.15) is 0 Å². The van der Waals surface area contributed by atoms with Crippen molar-refractivity contribution in [3.63, 3.8) is 0 Å². The van der Waals surface area contributed by atoms with Gasteiger partial charge < -0.3 is 10.0 Å². The van der Waals surface area contributed by atoms with Gasteiger partial charge in [-0.1, -0.05) is 27.7 Å². The van der Waals surface area contributed by atoms with E-state index < -0.39 is 4.92 Å². The van der Waals surface area contributed by atoms with Gasteiger partial charge in [-0.25, -0.2) is 0 Å². The molecule has 5 heteroatoms. The summed E-state index contributed by atoms with van der Waals surface area (Å²) in [4.78, 5) is 12.7. The molecule has 21 heavy (non-hydrogen) atoms. The number of benzene rings is 1. The number of non-ortho nitro benzene ring substituents is 1. The van der Waals surface area contributed by atoms with E-state index in [1.54, 1.807) is 6.07 Å². The van der Waals surface area contributed by atoms with Crippen LogP contribution in [0.4, 0.5) is 11.4 Å². The first-order valence-corrected chi connectivity index (χ1v) is 7.59. The predicted octanol–water partition coefficient (Wildman–Crippen LogP) is 3.74. The fourth-order valence-corrected chi connectivity index (χ4v) is 2.66. The molecule has 5 nitrogen and oxygen atoms in total.